The van der Waals surface area contributed by atoms with Crippen LogP contribution in [0.25, 0.3) is 0 Å². The number of ether oxygens (including phenoxy) is 3. The van der Waals surface area contributed by atoms with Crippen molar-refractivity contribution in [3.8, 4) is 5.75 Å². The van der Waals surface area contributed by atoms with E-state index in [2.05, 4.69) is 26.6 Å². The Bertz CT molecular complexity index is 2170. The van der Waals surface area contributed by atoms with Crippen LogP contribution in [-0.2, 0) is 39.8 Å². The Morgan fingerprint density at radius 1 is 0.606 bits per heavy atom. The fraction of sp³-hybridized carbons (Fsp3) is 0.354. The number of benzene rings is 4. The third-order valence-electron chi connectivity index (χ3n) is 9.38. The van der Waals surface area contributed by atoms with Gasteiger partial charge < -0.3 is 51.6 Å². The summed E-state index contributed by atoms with van der Waals surface area (Å²) in [6, 6.07) is 31.5. The Labute approximate surface area is 388 Å². The second-order valence-electron chi connectivity index (χ2n) is 17.0. The van der Waals surface area contributed by atoms with Gasteiger partial charge in [-0.15, -0.1) is 11.8 Å². The van der Waals surface area contributed by atoms with Gasteiger partial charge in [0.2, 0.25) is 17.7 Å². The maximum Gasteiger partial charge on any atom is 0.412 e. The summed E-state index contributed by atoms with van der Waals surface area (Å²) in [7, 11) is 0. The van der Waals surface area contributed by atoms with Crippen molar-refractivity contribution in [3.63, 3.8) is 0 Å². The molecule has 18 heteroatoms. The van der Waals surface area contributed by atoms with E-state index in [1.807, 2.05) is 91.0 Å². The van der Waals surface area contributed by atoms with Crippen molar-refractivity contribution < 1.29 is 52.9 Å². The molecule has 66 heavy (non-hydrogen) atoms. The monoisotopic (exact) mass is 926 g/mol. The molecule has 17 nitrogen and oxygen atoms in total. The number of carbonyl (C=O) groups is 7. The first-order valence-electron chi connectivity index (χ1n) is 21.1. The van der Waals surface area contributed by atoms with Crippen LogP contribution in [0.5, 0.6) is 5.75 Å². The quantitative estimate of drug-likeness (QED) is 0.0551. The van der Waals surface area contributed by atoms with Gasteiger partial charge in [0.1, 0.15) is 35.1 Å². The summed E-state index contributed by atoms with van der Waals surface area (Å²) in [5.74, 6) is -3.41. The molecular formula is C48H58N6O11S. The van der Waals surface area contributed by atoms with Crippen molar-refractivity contribution in [2.24, 2.45) is 5.73 Å². The van der Waals surface area contributed by atoms with Crippen molar-refractivity contribution in [2.75, 3.05) is 18.8 Å². The number of primary amides is 1. The molecular weight excluding hydrogens is 869 g/mol. The zero-order valence-corrected chi connectivity index (χ0v) is 38.6. The highest BCUT2D eigenvalue weighted by Gasteiger charge is 2.38. The van der Waals surface area contributed by atoms with Crippen molar-refractivity contribution in [3.05, 3.63) is 138 Å². The molecule has 4 rings (SSSR count). The molecule has 352 valence electrons. The maximum absolute atomic E-state index is 13.5. The van der Waals surface area contributed by atoms with E-state index in [1.54, 1.807) is 41.5 Å². The summed E-state index contributed by atoms with van der Waals surface area (Å²) in [5, 5.41) is 22.0. The van der Waals surface area contributed by atoms with Crippen LogP contribution in [-0.4, -0.2) is 95.2 Å². The lowest BCUT2D eigenvalue weighted by Crippen LogP contribution is -2.53. The van der Waals surface area contributed by atoms with E-state index in [-0.39, 0.29) is 30.9 Å². The normalized spacial score (nSPS) is 12.8. The van der Waals surface area contributed by atoms with E-state index in [1.165, 1.54) is 36.0 Å². The van der Waals surface area contributed by atoms with Crippen LogP contribution in [0.1, 0.15) is 70.2 Å². The van der Waals surface area contributed by atoms with Gasteiger partial charge >= 0.3 is 24.2 Å². The van der Waals surface area contributed by atoms with Crippen LogP contribution < -0.4 is 37.1 Å². The Kier molecular flexibility index (Phi) is 18.5. The highest BCUT2D eigenvalue weighted by molar-refractivity contribution is 8.00. The van der Waals surface area contributed by atoms with Gasteiger partial charge in [-0.25, -0.2) is 19.2 Å². The van der Waals surface area contributed by atoms with Crippen LogP contribution in [0, 0.1) is 0 Å². The number of carbonyl (C=O) groups excluding carboxylic acids is 6. The summed E-state index contributed by atoms with van der Waals surface area (Å²) < 4.78 is 15.0. The molecule has 0 fully saturated rings. The summed E-state index contributed by atoms with van der Waals surface area (Å²) >= 11 is 1.42. The van der Waals surface area contributed by atoms with E-state index < -0.39 is 82.6 Å². The molecule has 0 spiro atoms. The van der Waals surface area contributed by atoms with E-state index >= 15 is 0 Å². The number of rotatable bonds is 20. The van der Waals surface area contributed by atoms with Gasteiger partial charge in [-0.2, -0.15) is 0 Å². The smallest absolute Gasteiger partial charge is 0.412 e. The third-order valence-corrected chi connectivity index (χ3v) is 11.0. The second-order valence-corrected chi connectivity index (χ2v) is 18.3. The molecule has 0 saturated carbocycles. The average Bonchev–Trinajstić information content (AvgIpc) is 3.25. The first-order chi connectivity index (χ1) is 31.1. The fourth-order valence-corrected chi connectivity index (χ4v) is 8.04. The number of hydrogen-bond donors (Lipinski definition) is 7. The minimum Gasteiger partial charge on any atom is -0.480 e. The van der Waals surface area contributed by atoms with E-state index in [0.717, 1.165) is 16.7 Å². The van der Waals surface area contributed by atoms with Crippen LogP contribution in [0.15, 0.2) is 115 Å². The second kappa shape index (κ2) is 23.7. The van der Waals surface area contributed by atoms with Crippen molar-refractivity contribution in [2.45, 2.75) is 88.5 Å². The van der Waals surface area contributed by atoms with Crippen LogP contribution >= 0.6 is 11.8 Å². The zero-order valence-electron chi connectivity index (χ0n) is 37.8. The topological polar surface area (TPSA) is 254 Å². The largest absolute Gasteiger partial charge is 0.480 e. The van der Waals surface area contributed by atoms with Gasteiger partial charge in [0.15, 0.2) is 0 Å². The van der Waals surface area contributed by atoms with E-state index in [4.69, 9.17) is 19.9 Å². The minimum atomic E-state index is -1.30. The zero-order chi connectivity index (χ0) is 48.5. The predicted octanol–water partition coefficient (Wildman–Crippen LogP) is 5.39. The number of hydrogen-bond acceptors (Lipinski definition) is 11. The maximum atomic E-state index is 13.5. The first kappa shape index (κ1) is 51.6. The molecule has 0 unspecified atom stereocenters. The van der Waals surface area contributed by atoms with Gasteiger partial charge in [0, 0.05) is 18.7 Å². The number of nitrogens with one attached hydrogen (secondary N) is 5. The van der Waals surface area contributed by atoms with Crippen LogP contribution in [0.4, 0.5) is 14.4 Å². The molecule has 0 saturated heterocycles. The Morgan fingerprint density at radius 3 is 1.52 bits per heavy atom. The lowest BCUT2D eigenvalue weighted by molar-refractivity contribution is -0.139. The number of carboxylic acids is 1. The molecule has 0 radical (unpaired) electrons. The molecule has 6 amide bonds. The van der Waals surface area contributed by atoms with Gasteiger partial charge in [0.05, 0.1) is 11.3 Å². The van der Waals surface area contributed by atoms with E-state index in [0.29, 0.717) is 5.56 Å². The van der Waals surface area contributed by atoms with Crippen LogP contribution in [0.2, 0.25) is 0 Å². The molecule has 0 aliphatic heterocycles. The summed E-state index contributed by atoms with van der Waals surface area (Å²) in [4.78, 5) is 89.0. The number of alkyl carbamates (subject to hydrolysis) is 2. The van der Waals surface area contributed by atoms with Gasteiger partial charge in [-0.3, -0.25) is 14.4 Å². The third kappa shape index (κ3) is 16.5. The van der Waals surface area contributed by atoms with Gasteiger partial charge in [-0.05, 0) is 82.3 Å². The number of aliphatic carboxylic acids is 1. The Morgan fingerprint density at radius 2 is 1.08 bits per heavy atom. The molecule has 4 aromatic rings. The van der Waals surface area contributed by atoms with Gasteiger partial charge in [-0.1, -0.05) is 103 Å². The molecule has 0 aromatic heterocycles. The molecule has 0 bridgehead atoms. The standard InChI is InChI=1S/C48H58N6O11S/c1-46(2,3)64-44(61)53-36(26-27-50-43(60)63-35-24-22-31(23-25-35)28-37(42(58)59)54-45(62)65-47(4,5)6)41(57)51-29-39(55)52-38(40(49)56)30-66-48(32-16-10-7-11-17-32,33-18-12-8-13-19-33)34-20-14-9-15-21-34/h7-25,36-38H,26-30H2,1-6H3,(H2,49,56)(H,50,60)(H,51,57)(H,52,55)(H,53,61)(H,54,62)(H,58,59)/t36-,37-,38-/m0/s1. The predicted molar refractivity (Wildman–Crippen MR) is 249 cm³/mol. The lowest BCUT2D eigenvalue weighted by Gasteiger charge is -2.36. The summed E-state index contributed by atoms with van der Waals surface area (Å²) in [6.07, 6.45) is -2.96. The lowest BCUT2D eigenvalue weighted by atomic mass is 9.84. The molecule has 0 aliphatic carbocycles. The fourth-order valence-electron chi connectivity index (χ4n) is 6.47. The number of carboxylic acid groups (broad SMARTS) is 1. The molecule has 0 aliphatic rings. The Hall–Kier alpha value is -7.08. The van der Waals surface area contributed by atoms with Crippen molar-refractivity contribution in [1.29, 1.82) is 0 Å². The Balaban J connectivity index is 1.37. The minimum absolute atomic E-state index is 0.0565. The van der Waals surface area contributed by atoms with E-state index in [9.17, 15) is 38.7 Å². The molecule has 4 aromatic carbocycles. The summed E-state index contributed by atoms with van der Waals surface area (Å²) in [6.45, 7) is 9.10. The van der Waals surface area contributed by atoms with Crippen LogP contribution in [0.3, 0.4) is 0 Å². The number of thioether (sulfide) groups is 1. The molecule has 0 heterocycles. The molecule has 3 atom stereocenters. The van der Waals surface area contributed by atoms with Crippen molar-refractivity contribution in [1.82, 2.24) is 26.6 Å². The highest BCUT2D eigenvalue weighted by atomic mass is 32.2. The molecule has 8 N–H and O–H groups in total. The van der Waals surface area contributed by atoms with Crippen molar-refractivity contribution >= 4 is 53.7 Å². The first-order valence-corrected chi connectivity index (χ1v) is 22.1. The SMILES string of the molecule is CC(C)(C)OC(=O)N[C@@H](Cc1ccc(OC(=O)NCC[C@H](NC(=O)OC(C)(C)C)C(=O)NCC(=O)N[C@@H](CSC(c2ccccc2)(c2ccccc2)c2ccccc2)C(N)=O)cc1)C(=O)O. The summed E-state index contributed by atoms with van der Waals surface area (Å²) in [5.41, 5.74) is 7.44. The highest BCUT2D eigenvalue weighted by Crippen LogP contribution is 2.48. The van der Waals surface area contributed by atoms with Gasteiger partial charge in [0.25, 0.3) is 0 Å². The number of nitrogens with two attached hydrogens (primary N) is 1. The average molecular weight is 927 g/mol. The number of amides is 6.